The van der Waals surface area contributed by atoms with Gasteiger partial charge in [-0.05, 0) is 5.56 Å². The summed E-state index contributed by atoms with van der Waals surface area (Å²) in [5.74, 6) is 0. The maximum absolute atomic E-state index is 10.3. The summed E-state index contributed by atoms with van der Waals surface area (Å²) < 4.78 is 5.37. The lowest BCUT2D eigenvalue weighted by molar-refractivity contribution is -0.0270. The number of β-amino-alcohol motifs (C(OH)–C–C–N with tert-alkyl or cyclic N) is 1. The molecule has 1 aliphatic heterocycles. The summed E-state index contributed by atoms with van der Waals surface area (Å²) in [5.41, 5.74) is 0.380. The highest BCUT2D eigenvalue weighted by Gasteiger charge is 2.28. The Kier molecular flexibility index (Phi) is 5.22. The van der Waals surface area contributed by atoms with Crippen molar-refractivity contribution in [1.29, 1.82) is 0 Å². The van der Waals surface area contributed by atoms with E-state index in [4.69, 9.17) is 4.74 Å². The van der Waals surface area contributed by atoms with Crippen LogP contribution in [0, 0.1) is 0 Å². The van der Waals surface area contributed by atoms with Gasteiger partial charge in [0.1, 0.15) is 5.60 Å². The summed E-state index contributed by atoms with van der Waals surface area (Å²) >= 11 is 0. The highest BCUT2D eigenvalue weighted by atomic mass is 35.5. The van der Waals surface area contributed by atoms with Gasteiger partial charge in [0.15, 0.2) is 0 Å². The summed E-state index contributed by atoms with van der Waals surface area (Å²) in [7, 11) is 0. The van der Waals surface area contributed by atoms with E-state index in [-0.39, 0.29) is 12.4 Å². The highest BCUT2D eigenvalue weighted by Crippen LogP contribution is 2.14. The van der Waals surface area contributed by atoms with Crippen LogP contribution in [-0.2, 0) is 11.2 Å². The fraction of sp³-hybridized carbons (Fsp3) is 0.500. The average molecular weight is 244 g/mol. The number of benzene rings is 1. The zero-order valence-electron chi connectivity index (χ0n) is 9.19. The largest absolute Gasteiger partial charge is 0.386 e. The predicted molar refractivity (Wildman–Crippen MR) is 66.0 cm³/mol. The maximum atomic E-state index is 10.3. The molecule has 0 spiro atoms. The molecule has 1 aromatic carbocycles. The molecule has 0 aliphatic carbocycles. The van der Waals surface area contributed by atoms with Crippen LogP contribution in [0.2, 0.25) is 0 Å². The van der Waals surface area contributed by atoms with Gasteiger partial charge in [-0.3, -0.25) is 0 Å². The van der Waals surface area contributed by atoms with Crippen molar-refractivity contribution in [1.82, 2.24) is 5.32 Å². The van der Waals surface area contributed by atoms with Gasteiger partial charge in [-0.25, -0.2) is 0 Å². The first-order valence-corrected chi connectivity index (χ1v) is 5.33. The zero-order chi connectivity index (χ0) is 10.6. The van der Waals surface area contributed by atoms with E-state index < -0.39 is 5.60 Å². The first-order chi connectivity index (χ1) is 7.29. The van der Waals surface area contributed by atoms with E-state index in [1.807, 2.05) is 30.3 Å². The molecule has 0 radical (unpaired) electrons. The van der Waals surface area contributed by atoms with Crippen molar-refractivity contribution in [2.75, 3.05) is 26.3 Å². The van der Waals surface area contributed by atoms with Crippen molar-refractivity contribution >= 4 is 12.4 Å². The fourth-order valence-corrected chi connectivity index (χ4v) is 1.87. The van der Waals surface area contributed by atoms with Crippen molar-refractivity contribution in [3.63, 3.8) is 0 Å². The van der Waals surface area contributed by atoms with E-state index in [0.717, 1.165) is 12.1 Å². The summed E-state index contributed by atoms with van der Waals surface area (Å²) in [6, 6.07) is 10.0. The SMILES string of the molecule is Cl.OC1(Cc2ccccc2)CNCCOC1. The molecule has 2 rings (SSSR count). The maximum Gasteiger partial charge on any atom is 0.104 e. The number of nitrogens with one attached hydrogen (secondary N) is 1. The Morgan fingerprint density at radius 3 is 2.81 bits per heavy atom. The minimum absolute atomic E-state index is 0. The molecule has 1 aliphatic rings. The average Bonchev–Trinajstić information content (AvgIpc) is 2.45. The Labute approximate surface area is 102 Å². The first kappa shape index (κ1) is 13.5. The molecule has 16 heavy (non-hydrogen) atoms. The van der Waals surface area contributed by atoms with Crippen molar-refractivity contribution < 1.29 is 9.84 Å². The van der Waals surface area contributed by atoms with Crippen molar-refractivity contribution in [3.8, 4) is 0 Å². The van der Waals surface area contributed by atoms with E-state index in [1.54, 1.807) is 0 Å². The van der Waals surface area contributed by atoms with Crippen molar-refractivity contribution in [2.24, 2.45) is 0 Å². The van der Waals surface area contributed by atoms with E-state index in [2.05, 4.69) is 5.32 Å². The standard InChI is InChI=1S/C12H17NO2.ClH/c14-12(9-13-6-7-15-10-12)8-11-4-2-1-3-5-11;/h1-5,13-14H,6-10H2;1H. The van der Waals surface area contributed by atoms with E-state index in [1.165, 1.54) is 0 Å². The number of hydrogen-bond donors (Lipinski definition) is 2. The third kappa shape index (κ3) is 3.76. The van der Waals surface area contributed by atoms with Crippen LogP contribution < -0.4 is 5.32 Å². The van der Waals surface area contributed by atoms with Gasteiger partial charge in [-0.1, -0.05) is 30.3 Å². The van der Waals surface area contributed by atoms with E-state index in [0.29, 0.717) is 26.2 Å². The third-order valence-corrected chi connectivity index (χ3v) is 2.62. The lowest BCUT2D eigenvalue weighted by Crippen LogP contribution is -2.44. The van der Waals surface area contributed by atoms with Gasteiger partial charge >= 0.3 is 0 Å². The lowest BCUT2D eigenvalue weighted by Gasteiger charge is -2.25. The molecule has 3 nitrogen and oxygen atoms in total. The van der Waals surface area contributed by atoms with Gasteiger partial charge in [-0.15, -0.1) is 12.4 Å². The van der Waals surface area contributed by atoms with Crippen LogP contribution in [0.15, 0.2) is 30.3 Å². The number of aliphatic hydroxyl groups is 1. The monoisotopic (exact) mass is 243 g/mol. The highest BCUT2D eigenvalue weighted by molar-refractivity contribution is 5.85. The molecule has 1 aromatic rings. The Morgan fingerprint density at radius 1 is 1.31 bits per heavy atom. The van der Waals surface area contributed by atoms with Crippen LogP contribution in [0.3, 0.4) is 0 Å². The number of rotatable bonds is 2. The van der Waals surface area contributed by atoms with Crippen LogP contribution in [-0.4, -0.2) is 37.0 Å². The molecule has 1 unspecified atom stereocenters. The smallest absolute Gasteiger partial charge is 0.104 e. The molecule has 0 saturated carbocycles. The quantitative estimate of drug-likeness (QED) is 0.815. The molecule has 90 valence electrons. The second kappa shape index (κ2) is 6.21. The molecular weight excluding hydrogens is 226 g/mol. The third-order valence-electron chi connectivity index (χ3n) is 2.62. The normalized spacial score (nSPS) is 25.6. The Bertz CT molecular complexity index is 297. The summed E-state index contributed by atoms with van der Waals surface area (Å²) in [4.78, 5) is 0. The summed E-state index contributed by atoms with van der Waals surface area (Å²) in [5, 5.41) is 13.5. The van der Waals surface area contributed by atoms with E-state index >= 15 is 0 Å². The molecule has 1 fully saturated rings. The molecule has 1 heterocycles. The van der Waals surface area contributed by atoms with Crippen molar-refractivity contribution in [3.05, 3.63) is 35.9 Å². The van der Waals surface area contributed by atoms with Crippen LogP contribution >= 0.6 is 12.4 Å². The minimum atomic E-state index is -0.766. The number of halogens is 1. The van der Waals surface area contributed by atoms with Gasteiger partial charge in [0.25, 0.3) is 0 Å². The fourth-order valence-electron chi connectivity index (χ4n) is 1.87. The number of hydrogen-bond acceptors (Lipinski definition) is 3. The lowest BCUT2D eigenvalue weighted by atomic mass is 9.95. The summed E-state index contributed by atoms with van der Waals surface area (Å²) in [6.45, 7) is 2.50. The molecule has 1 atom stereocenters. The Balaban J connectivity index is 0.00000128. The molecule has 2 N–H and O–H groups in total. The molecule has 0 amide bonds. The van der Waals surface area contributed by atoms with Crippen molar-refractivity contribution in [2.45, 2.75) is 12.0 Å². The van der Waals surface area contributed by atoms with Gasteiger partial charge in [0, 0.05) is 19.5 Å². The zero-order valence-corrected chi connectivity index (χ0v) is 10.0. The van der Waals surface area contributed by atoms with Gasteiger partial charge < -0.3 is 15.2 Å². The molecule has 0 bridgehead atoms. The first-order valence-electron chi connectivity index (χ1n) is 5.33. The Morgan fingerprint density at radius 2 is 2.06 bits per heavy atom. The van der Waals surface area contributed by atoms with Gasteiger partial charge in [0.2, 0.25) is 0 Å². The predicted octanol–water partition coefficient (Wildman–Crippen LogP) is 1.00. The Hall–Kier alpha value is -0.610. The minimum Gasteiger partial charge on any atom is -0.386 e. The van der Waals surface area contributed by atoms with Crippen LogP contribution in [0.25, 0.3) is 0 Å². The van der Waals surface area contributed by atoms with Crippen LogP contribution in [0.1, 0.15) is 5.56 Å². The summed E-state index contributed by atoms with van der Waals surface area (Å²) in [6.07, 6.45) is 0.640. The topological polar surface area (TPSA) is 41.5 Å². The molecule has 0 aromatic heterocycles. The van der Waals surface area contributed by atoms with Gasteiger partial charge in [-0.2, -0.15) is 0 Å². The second-order valence-electron chi connectivity index (χ2n) is 4.12. The molecule has 1 saturated heterocycles. The second-order valence-corrected chi connectivity index (χ2v) is 4.12. The number of ether oxygens (including phenoxy) is 1. The molecule has 4 heteroatoms. The van der Waals surface area contributed by atoms with Crippen LogP contribution in [0.4, 0.5) is 0 Å². The van der Waals surface area contributed by atoms with E-state index in [9.17, 15) is 5.11 Å². The van der Waals surface area contributed by atoms with Crippen LogP contribution in [0.5, 0.6) is 0 Å². The molecular formula is C12H18ClNO2. The van der Waals surface area contributed by atoms with Gasteiger partial charge in [0.05, 0.1) is 13.2 Å².